The van der Waals surface area contributed by atoms with Crippen LogP contribution in [0, 0.1) is 0 Å². The van der Waals surface area contributed by atoms with E-state index in [4.69, 9.17) is 14.9 Å². The molecule has 0 aliphatic carbocycles. The first-order valence-electron chi connectivity index (χ1n) is 5.11. The maximum Gasteiger partial charge on any atom is 0.251 e. The van der Waals surface area contributed by atoms with E-state index < -0.39 is 0 Å². The van der Waals surface area contributed by atoms with Crippen molar-refractivity contribution in [1.82, 2.24) is 10.2 Å². The van der Waals surface area contributed by atoms with Crippen LogP contribution in [0.1, 0.15) is 5.89 Å². The van der Waals surface area contributed by atoms with Gasteiger partial charge in [-0.15, -0.1) is 10.2 Å². The van der Waals surface area contributed by atoms with Crippen LogP contribution in [0.3, 0.4) is 0 Å². The van der Waals surface area contributed by atoms with Crippen molar-refractivity contribution in [2.45, 2.75) is 6.42 Å². The Morgan fingerprint density at radius 3 is 2.94 bits per heavy atom. The summed E-state index contributed by atoms with van der Waals surface area (Å²) in [5.41, 5.74) is 6.20. The Labute approximate surface area is 107 Å². The molecule has 90 valence electrons. The van der Waals surface area contributed by atoms with Crippen molar-refractivity contribution < 1.29 is 9.15 Å². The van der Waals surface area contributed by atoms with Crippen LogP contribution in [0.4, 0.5) is 0 Å². The summed E-state index contributed by atoms with van der Waals surface area (Å²) in [7, 11) is 1.60. The minimum atomic E-state index is 0.442. The van der Waals surface area contributed by atoms with E-state index in [0.717, 1.165) is 10.0 Å². The Morgan fingerprint density at radius 1 is 1.41 bits per heavy atom. The zero-order valence-electron chi connectivity index (χ0n) is 9.31. The Bertz CT molecular complexity index is 513. The number of nitrogens with two attached hydrogens (primary N) is 1. The molecule has 2 aromatic rings. The first-order valence-corrected chi connectivity index (χ1v) is 5.90. The van der Waals surface area contributed by atoms with Crippen molar-refractivity contribution in [3.05, 3.63) is 28.6 Å². The topological polar surface area (TPSA) is 74.2 Å². The summed E-state index contributed by atoms with van der Waals surface area (Å²) in [4.78, 5) is 0. The van der Waals surface area contributed by atoms with Crippen molar-refractivity contribution in [2.75, 3.05) is 13.7 Å². The standard InChI is InChI=1S/C11H12BrN3O2/c1-16-9-6-7(12)2-3-8(9)11-15-14-10(17-11)4-5-13/h2-3,6H,4-5,13H2,1H3. The van der Waals surface area contributed by atoms with Gasteiger partial charge in [0, 0.05) is 17.4 Å². The van der Waals surface area contributed by atoms with Gasteiger partial charge < -0.3 is 14.9 Å². The third kappa shape index (κ3) is 2.65. The van der Waals surface area contributed by atoms with Gasteiger partial charge in [0.1, 0.15) is 5.75 Å². The number of rotatable bonds is 4. The molecule has 0 fully saturated rings. The van der Waals surface area contributed by atoms with Crippen LogP contribution in [-0.2, 0) is 6.42 Å². The fraction of sp³-hybridized carbons (Fsp3) is 0.273. The first kappa shape index (κ1) is 12.1. The lowest BCUT2D eigenvalue weighted by atomic mass is 10.2. The molecule has 0 bridgehead atoms. The zero-order chi connectivity index (χ0) is 12.3. The molecule has 0 spiro atoms. The molecule has 0 saturated heterocycles. The van der Waals surface area contributed by atoms with E-state index in [2.05, 4.69) is 26.1 Å². The summed E-state index contributed by atoms with van der Waals surface area (Å²) in [5, 5.41) is 7.89. The molecular weight excluding hydrogens is 286 g/mol. The third-order valence-electron chi connectivity index (χ3n) is 2.22. The number of nitrogens with zero attached hydrogens (tertiary/aromatic N) is 2. The molecule has 0 unspecified atom stereocenters. The second-order valence-corrected chi connectivity index (χ2v) is 4.30. The lowest BCUT2D eigenvalue weighted by Crippen LogP contribution is -2.02. The van der Waals surface area contributed by atoms with Gasteiger partial charge in [0.05, 0.1) is 12.7 Å². The highest BCUT2D eigenvalue weighted by molar-refractivity contribution is 9.10. The zero-order valence-corrected chi connectivity index (χ0v) is 10.9. The van der Waals surface area contributed by atoms with Gasteiger partial charge in [-0.2, -0.15) is 0 Å². The van der Waals surface area contributed by atoms with Crippen LogP contribution in [-0.4, -0.2) is 23.9 Å². The number of benzene rings is 1. The third-order valence-corrected chi connectivity index (χ3v) is 2.71. The number of hydrogen-bond acceptors (Lipinski definition) is 5. The van der Waals surface area contributed by atoms with Crippen LogP contribution < -0.4 is 10.5 Å². The van der Waals surface area contributed by atoms with E-state index in [0.29, 0.717) is 30.5 Å². The largest absolute Gasteiger partial charge is 0.496 e. The molecule has 2 N–H and O–H groups in total. The Kier molecular flexibility index (Phi) is 3.75. The van der Waals surface area contributed by atoms with Crippen molar-refractivity contribution >= 4 is 15.9 Å². The van der Waals surface area contributed by atoms with Crippen LogP contribution in [0.15, 0.2) is 27.1 Å². The normalized spacial score (nSPS) is 10.5. The van der Waals surface area contributed by atoms with Gasteiger partial charge in [-0.25, -0.2) is 0 Å². The number of ether oxygens (including phenoxy) is 1. The molecule has 0 atom stereocenters. The highest BCUT2D eigenvalue weighted by Gasteiger charge is 2.13. The number of methoxy groups -OCH3 is 1. The van der Waals surface area contributed by atoms with Crippen LogP contribution >= 0.6 is 15.9 Å². The molecule has 0 amide bonds. The van der Waals surface area contributed by atoms with Gasteiger partial charge in [0.2, 0.25) is 5.89 Å². The average molecular weight is 298 g/mol. The lowest BCUT2D eigenvalue weighted by Gasteiger charge is -2.04. The summed E-state index contributed by atoms with van der Waals surface area (Å²) in [6, 6.07) is 5.61. The summed E-state index contributed by atoms with van der Waals surface area (Å²) < 4.78 is 11.7. The molecule has 1 heterocycles. The first-order chi connectivity index (χ1) is 8.24. The fourth-order valence-electron chi connectivity index (χ4n) is 1.43. The summed E-state index contributed by atoms with van der Waals surface area (Å²) in [5.74, 6) is 1.66. The molecule has 1 aromatic carbocycles. The molecule has 6 heteroatoms. The number of halogens is 1. The van der Waals surface area contributed by atoms with Crippen LogP contribution in [0.25, 0.3) is 11.5 Å². The maximum absolute atomic E-state index is 5.49. The molecule has 2 rings (SSSR count). The monoisotopic (exact) mass is 297 g/mol. The van der Waals surface area contributed by atoms with Crippen molar-refractivity contribution in [3.63, 3.8) is 0 Å². The van der Waals surface area contributed by atoms with Gasteiger partial charge in [-0.05, 0) is 18.2 Å². The van der Waals surface area contributed by atoms with Crippen molar-refractivity contribution in [3.8, 4) is 17.2 Å². The molecule has 0 saturated carbocycles. The van der Waals surface area contributed by atoms with E-state index in [1.54, 1.807) is 7.11 Å². The Morgan fingerprint density at radius 2 is 2.24 bits per heavy atom. The smallest absolute Gasteiger partial charge is 0.251 e. The highest BCUT2D eigenvalue weighted by atomic mass is 79.9. The number of aromatic nitrogens is 2. The van der Waals surface area contributed by atoms with E-state index in [1.807, 2.05) is 18.2 Å². The van der Waals surface area contributed by atoms with Crippen LogP contribution in [0.5, 0.6) is 5.75 Å². The molecule has 0 radical (unpaired) electrons. The summed E-state index contributed by atoms with van der Waals surface area (Å²) in [6.07, 6.45) is 0.575. The minimum absolute atomic E-state index is 0.442. The molecular formula is C11H12BrN3O2. The van der Waals surface area contributed by atoms with Gasteiger partial charge in [0.25, 0.3) is 5.89 Å². The molecule has 1 aromatic heterocycles. The Balaban J connectivity index is 2.37. The fourth-order valence-corrected chi connectivity index (χ4v) is 1.77. The van der Waals surface area contributed by atoms with E-state index in [9.17, 15) is 0 Å². The van der Waals surface area contributed by atoms with Gasteiger partial charge in [0.15, 0.2) is 0 Å². The predicted octanol–water partition coefficient (Wildman–Crippen LogP) is 2.01. The lowest BCUT2D eigenvalue weighted by molar-refractivity contribution is 0.413. The average Bonchev–Trinajstić information content (AvgIpc) is 2.78. The van der Waals surface area contributed by atoms with Crippen LogP contribution in [0.2, 0.25) is 0 Å². The maximum atomic E-state index is 5.49. The highest BCUT2D eigenvalue weighted by Crippen LogP contribution is 2.31. The predicted molar refractivity (Wildman–Crippen MR) is 66.7 cm³/mol. The second-order valence-electron chi connectivity index (χ2n) is 3.38. The quantitative estimate of drug-likeness (QED) is 0.934. The van der Waals surface area contributed by atoms with Crippen molar-refractivity contribution in [1.29, 1.82) is 0 Å². The van der Waals surface area contributed by atoms with E-state index >= 15 is 0 Å². The SMILES string of the molecule is COc1cc(Br)ccc1-c1nnc(CCN)o1. The van der Waals surface area contributed by atoms with Gasteiger partial charge >= 0.3 is 0 Å². The van der Waals surface area contributed by atoms with E-state index in [1.165, 1.54) is 0 Å². The summed E-state index contributed by atoms with van der Waals surface area (Å²) >= 11 is 3.38. The molecule has 0 aliphatic rings. The van der Waals surface area contributed by atoms with Gasteiger partial charge in [-0.3, -0.25) is 0 Å². The number of hydrogen-bond donors (Lipinski definition) is 1. The van der Waals surface area contributed by atoms with E-state index in [-0.39, 0.29) is 0 Å². The summed E-state index contributed by atoms with van der Waals surface area (Å²) in [6.45, 7) is 0.485. The second kappa shape index (κ2) is 5.29. The molecule has 5 nitrogen and oxygen atoms in total. The Hall–Kier alpha value is -1.40. The molecule has 0 aliphatic heterocycles. The van der Waals surface area contributed by atoms with Gasteiger partial charge in [-0.1, -0.05) is 15.9 Å². The minimum Gasteiger partial charge on any atom is -0.496 e. The van der Waals surface area contributed by atoms with Crippen molar-refractivity contribution in [2.24, 2.45) is 5.73 Å². The molecule has 17 heavy (non-hydrogen) atoms.